The van der Waals surface area contributed by atoms with Crippen LogP contribution in [0.2, 0.25) is 0 Å². The van der Waals surface area contributed by atoms with Gasteiger partial charge in [-0.25, -0.2) is 4.98 Å². The summed E-state index contributed by atoms with van der Waals surface area (Å²) in [4.78, 5) is 21.0. The molecule has 4 rings (SSSR count). The topological polar surface area (TPSA) is 79.0 Å². The number of para-hydroxylation sites is 2. The molecular formula is C21H24N4O2. The second-order valence-corrected chi connectivity index (χ2v) is 7.10. The van der Waals surface area contributed by atoms with E-state index in [9.17, 15) is 4.79 Å². The molecule has 0 unspecified atom stereocenters. The van der Waals surface area contributed by atoms with E-state index in [0.717, 1.165) is 54.0 Å². The molecule has 0 radical (unpaired) electrons. The summed E-state index contributed by atoms with van der Waals surface area (Å²) in [5.41, 5.74) is 3.16. The van der Waals surface area contributed by atoms with Crippen molar-refractivity contribution < 1.29 is 9.53 Å². The van der Waals surface area contributed by atoms with Crippen LogP contribution >= 0.6 is 0 Å². The molecule has 140 valence electrons. The zero-order valence-corrected chi connectivity index (χ0v) is 15.4. The first-order chi connectivity index (χ1) is 13.2. The molecule has 1 amide bonds. The number of nitrogens with one attached hydrogen (secondary N) is 3. The highest BCUT2D eigenvalue weighted by atomic mass is 16.5. The van der Waals surface area contributed by atoms with Crippen LogP contribution in [-0.4, -0.2) is 42.7 Å². The maximum Gasteiger partial charge on any atom is 0.233 e. The number of H-pyrrole nitrogens is 1. The third-order valence-electron chi connectivity index (χ3n) is 5.25. The Labute approximate surface area is 158 Å². The molecular weight excluding hydrogens is 340 g/mol. The molecule has 2 aromatic carbocycles. The first-order valence-corrected chi connectivity index (χ1v) is 9.26. The highest BCUT2D eigenvalue weighted by Crippen LogP contribution is 2.31. The van der Waals surface area contributed by atoms with Gasteiger partial charge in [0, 0.05) is 18.4 Å². The van der Waals surface area contributed by atoms with Crippen molar-refractivity contribution in [3.8, 4) is 11.4 Å². The van der Waals surface area contributed by atoms with Crippen molar-refractivity contribution in [3.05, 3.63) is 48.5 Å². The van der Waals surface area contributed by atoms with Crippen molar-refractivity contribution in [2.24, 2.45) is 5.41 Å². The number of hydrogen-bond acceptors (Lipinski definition) is 4. The summed E-state index contributed by atoms with van der Waals surface area (Å²) in [7, 11) is 1.65. The number of fused-ring (bicyclic) bond motifs is 1. The van der Waals surface area contributed by atoms with Crippen LogP contribution in [0.5, 0.6) is 0 Å². The number of aromatic nitrogens is 2. The first kappa shape index (κ1) is 17.7. The lowest BCUT2D eigenvalue weighted by atomic mass is 9.78. The van der Waals surface area contributed by atoms with Gasteiger partial charge in [-0.05, 0) is 50.2 Å². The van der Waals surface area contributed by atoms with Crippen molar-refractivity contribution in [1.82, 2.24) is 15.3 Å². The van der Waals surface area contributed by atoms with Gasteiger partial charge in [0.2, 0.25) is 5.91 Å². The number of carbonyl (C=O) groups is 1. The Bertz CT molecular complexity index is 906. The molecule has 6 heteroatoms. The van der Waals surface area contributed by atoms with Crippen LogP contribution in [0, 0.1) is 5.41 Å². The van der Waals surface area contributed by atoms with Crippen LogP contribution in [0.25, 0.3) is 22.4 Å². The number of amides is 1. The number of carbonyl (C=O) groups excluding carboxylic acids is 1. The maximum absolute atomic E-state index is 13.0. The molecule has 1 aliphatic rings. The number of benzene rings is 2. The fourth-order valence-electron chi connectivity index (χ4n) is 3.72. The Morgan fingerprint density at radius 2 is 2.00 bits per heavy atom. The summed E-state index contributed by atoms with van der Waals surface area (Å²) in [5.74, 6) is 0.813. The SMILES string of the molecule is COCC1(C(=O)Nc2cccc(-c3nc4ccccc4[nH]3)c2)CCNCC1. The summed E-state index contributed by atoms with van der Waals surface area (Å²) >= 11 is 0. The lowest BCUT2D eigenvalue weighted by Gasteiger charge is -2.35. The third-order valence-corrected chi connectivity index (χ3v) is 5.25. The van der Waals surface area contributed by atoms with Crippen molar-refractivity contribution in [2.75, 3.05) is 32.1 Å². The van der Waals surface area contributed by atoms with Gasteiger partial charge in [-0.15, -0.1) is 0 Å². The third kappa shape index (κ3) is 3.59. The monoisotopic (exact) mass is 364 g/mol. The molecule has 0 saturated carbocycles. The molecule has 0 bridgehead atoms. The molecule has 1 aliphatic heterocycles. The highest BCUT2D eigenvalue weighted by molar-refractivity contribution is 5.96. The minimum atomic E-state index is -0.477. The van der Waals surface area contributed by atoms with E-state index in [0.29, 0.717) is 6.61 Å². The molecule has 0 atom stereocenters. The quantitative estimate of drug-likeness (QED) is 0.650. The van der Waals surface area contributed by atoms with Gasteiger partial charge in [0.1, 0.15) is 5.82 Å². The smallest absolute Gasteiger partial charge is 0.233 e. The number of nitrogens with zero attached hydrogens (tertiary/aromatic N) is 1. The molecule has 1 aromatic heterocycles. The lowest BCUT2D eigenvalue weighted by Crippen LogP contribution is -2.47. The Hall–Kier alpha value is -2.70. The number of rotatable bonds is 5. The molecule has 0 spiro atoms. The Morgan fingerprint density at radius 1 is 1.19 bits per heavy atom. The van der Waals surface area contributed by atoms with Crippen LogP contribution in [-0.2, 0) is 9.53 Å². The van der Waals surface area contributed by atoms with E-state index in [2.05, 4.69) is 20.6 Å². The number of aromatic amines is 1. The zero-order chi connectivity index (χ0) is 18.7. The second-order valence-electron chi connectivity index (χ2n) is 7.10. The van der Waals surface area contributed by atoms with E-state index in [1.807, 2.05) is 48.5 Å². The van der Waals surface area contributed by atoms with Crippen molar-refractivity contribution in [1.29, 1.82) is 0 Å². The van der Waals surface area contributed by atoms with Gasteiger partial charge in [0.25, 0.3) is 0 Å². The van der Waals surface area contributed by atoms with Gasteiger partial charge < -0.3 is 20.4 Å². The molecule has 3 aromatic rings. The maximum atomic E-state index is 13.0. The number of anilines is 1. The molecule has 1 saturated heterocycles. The average molecular weight is 364 g/mol. The van der Waals surface area contributed by atoms with E-state index in [1.165, 1.54) is 0 Å². The number of ether oxygens (including phenoxy) is 1. The van der Waals surface area contributed by atoms with Gasteiger partial charge in [-0.2, -0.15) is 0 Å². The molecule has 2 heterocycles. The highest BCUT2D eigenvalue weighted by Gasteiger charge is 2.39. The van der Waals surface area contributed by atoms with Crippen molar-refractivity contribution in [2.45, 2.75) is 12.8 Å². The minimum absolute atomic E-state index is 0.0209. The predicted octanol–water partition coefficient (Wildman–Crippen LogP) is 3.18. The molecule has 27 heavy (non-hydrogen) atoms. The summed E-state index contributed by atoms with van der Waals surface area (Å²) < 4.78 is 5.37. The van der Waals surface area contributed by atoms with E-state index in [-0.39, 0.29) is 5.91 Å². The standard InChI is InChI=1S/C21H24N4O2/c1-27-14-21(9-11-22-12-10-21)20(26)23-16-6-4-5-15(13-16)19-24-17-7-2-3-8-18(17)25-19/h2-8,13,22H,9-12,14H2,1H3,(H,23,26)(H,24,25). The van der Waals surface area contributed by atoms with Gasteiger partial charge >= 0.3 is 0 Å². The van der Waals surface area contributed by atoms with E-state index < -0.39 is 5.41 Å². The van der Waals surface area contributed by atoms with Gasteiger partial charge in [-0.3, -0.25) is 4.79 Å². The van der Waals surface area contributed by atoms with Gasteiger partial charge in [0.15, 0.2) is 0 Å². The minimum Gasteiger partial charge on any atom is -0.384 e. The van der Waals surface area contributed by atoms with E-state index in [4.69, 9.17) is 4.74 Å². The summed E-state index contributed by atoms with van der Waals surface area (Å²) in [6, 6.07) is 15.7. The number of hydrogen-bond donors (Lipinski definition) is 3. The largest absolute Gasteiger partial charge is 0.384 e. The molecule has 3 N–H and O–H groups in total. The van der Waals surface area contributed by atoms with Gasteiger partial charge in [-0.1, -0.05) is 24.3 Å². The van der Waals surface area contributed by atoms with Crippen LogP contribution in [0.1, 0.15) is 12.8 Å². The predicted molar refractivity (Wildman–Crippen MR) is 107 cm³/mol. The van der Waals surface area contributed by atoms with Crippen molar-refractivity contribution in [3.63, 3.8) is 0 Å². The van der Waals surface area contributed by atoms with Crippen LogP contribution in [0.4, 0.5) is 5.69 Å². The van der Waals surface area contributed by atoms with Crippen molar-refractivity contribution >= 4 is 22.6 Å². The van der Waals surface area contributed by atoms with Crippen LogP contribution in [0.15, 0.2) is 48.5 Å². The van der Waals surface area contributed by atoms with E-state index >= 15 is 0 Å². The molecule has 0 aliphatic carbocycles. The normalized spacial score (nSPS) is 16.3. The zero-order valence-electron chi connectivity index (χ0n) is 15.4. The van der Waals surface area contributed by atoms with Crippen LogP contribution < -0.4 is 10.6 Å². The van der Waals surface area contributed by atoms with Gasteiger partial charge in [0.05, 0.1) is 23.1 Å². The average Bonchev–Trinajstić information content (AvgIpc) is 3.13. The summed E-state index contributed by atoms with van der Waals surface area (Å²) in [6.07, 6.45) is 1.55. The Morgan fingerprint density at radius 3 is 2.78 bits per heavy atom. The number of methoxy groups -OCH3 is 1. The fraction of sp³-hybridized carbons (Fsp3) is 0.333. The Kier molecular flexibility index (Phi) is 4.92. The number of piperidine rings is 1. The molecule has 1 fully saturated rings. The summed E-state index contributed by atoms with van der Waals surface area (Å²) in [6.45, 7) is 2.09. The first-order valence-electron chi connectivity index (χ1n) is 9.26. The lowest BCUT2D eigenvalue weighted by molar-refractivity contribution is -0.130. The Balaban J connectivity index is 1.57. The fourth-order valence-corrected chi connectivity index (χ4v) is 3.72. The van der Waals surface area contributed by atoms with Crippen LogP contribution in [0.3, 0.4) is 0 Å². The summed E-state index contributed by atoms with van der Waals surface area (Å²) in [5, 5.41) is 6.40. The number of imidazole rings is 1. The molecule has 6 nitrogen and oxygen atoms in total. The second kappa shape index (κ2) is 7.50. The van der Waals surface area contributed by atoms with E-state index in [1.54, 1.807) is 7.11 Å².